The quantitative estimate of drug-likeness (QED) is 0.390. The Labute approximate surface area is 79.3 Å². The highest BCUT2D eigenvalue weighted by Gasteiger charge is 2.31. The van der Waals surface area contributed by atoms with E-state index in [1.54, 1.807) is 18.2 Å². The fourth-order valence-corrected chi connectivity index (χ4v) is 1.54. The Morgan fingerprint density at radius 2 is 2.00 bits per heavy atom. The SMILES string of the molecule is O=C1OC(=O)c2c(CCl)cccc21. The molecule has 0 aliphatic carbocycles. The summed E-state index contributed by atoms with van der Waals surface area (Å²) in [6.07, 6.45) is 0. The largest absolute Gasteiger partial charge is 0.386 e. The molecule has 4 heteroatoms. The Kier molecular flexibility index (Phi) is 1.81. The van der Waals surface area contributed by atoms with Crippen LogP contribution in [-0.2, 0) is 10.6 Å². The van der Waals surface area contributed by atoms with E-state index in [0.29, 0.717) is 16.7 Å². The normalized spacial score (nSPS) is 14.2. The summed E-state index contributed by atoms with van der Waals surface area (Å²) in [5, 5.41) is 0. The Morgan fingerprint density at radius 1 is 1.23 bits per heavy atom. The van der Waals surface area contributed by atoms with E-state index < -0.39 is 11.9 Å². The van der Waals surface area contributed by atoms with Gasteiger partial charge in [0.1, 0.15) is 0 Å². The Bertz CT molecular complexity index is 398. The number of hydrogen-bond acceptors (Lipinski definition) is 3. The van der Waals surface area contributed by atoms with Crippen LogP contribution in [0.4, 0.5) is 0 Å². The van der Waals surface area contributed by atoms with Crippen molar-refractivity contribution in [2.75, 3.05) is 0 Å². The first-order chi connectivity index (χ1) is 6.24. The van der Waals surface area contributed by atoms with E-state index in [4.69, 9.17) is 11.6 Å². The number of carbonyl (C=O) groups excluding carboxylic acids is 2. The summed E-state index contributed by atoms with van der Waals surface area (Å²) in [7, 11) is 0. The van der Waals surface area contributed by atoms with Crippen LogP contribution in [0.25, 0.3) is 0 Å². The van der Waals surface area contributed by atoms with E-state index in [1.165, 1.54) is 0 Å². The highest BCUT2D eigenvalue weighted by Crippen LogP contribution is 2.24. The van der Waals surface area contributed by atoms with Crippen molar-refractivity contribution in [3.63, 3.8) is 0 Å². The third kappa shape index (κ3) is 1.12. The molecule has 1 aromatic carbocycles. The number of halogens is 1. The lowest BCUT2D eigenvalue weighted by Crippen LogP contribution is -1.98. The first kappa shape index (κ1) is 8.26. The Morgan fingerprint density at radius 3 is 2.69 bits per heavy atom. The number of cyclic esters (lactones) is 2. The summed E-state index contributed by atoms with van der Waals surface area (Å²) in [6.45, 7) is 0. The third-order valence-corrected chi connectivity index (χ3v) is 2.19. The predicted octanol–water partition coefficient (Wildman–Crippen LogP) is 1.74. The fourth-order valence-electron chi connectivity index (χ4n) is 1.31. The van der Waals surface area contributed by atoms with Crippen LogP contribution in [0.3, 0.4) is 0 Å². The van der Waals surface area contributed by atoms with Gasteiger partial charge in [-0.25, -0.2) is 9.59 Å². The summed E-state index contributed by atoms with van der Waals surface area (Å²) in [5.74, 6) is -0.992. The molecule has 66 valence electrons. The molecule has 0 amide bonds. The van der Waals surface area contributed by atoms with E-state index >= 15 is 0 Å². The molecule has 0 radical (unpaired) electrons. The first-order valence-electron chi connectivity index (χ1n) is 3.68. The molecule has 3 nitrogen and oxygen atoms in total. The maximum absolute atomic E-state index is 11.2. The van der Waals surface area contributed by atoms with Gasteiger partial charge >= 0.3 is 11.9 Å². The van der Waals surface area contributed by atoms with Crippen LogP contribution in [0, 0.1) is 0 Å². The van der Waals surface area contributed by atoms with Crippen LogP contribution in [-0.4, -0.2) is 11.9 Å². The Balaban J connectivity index is 2.69. The average molecular weight is 197 g/mol. The van der Waals surface area contributed by atoms with Crippen LogP contribution in [0.15, 0.2) is 18.2 Å². The minimum atomic E-state index is -0.601. The zero-order valence-corrected chi connectivity index (χ0v) is 7.30. The lowest BCUT2D eigenvalue weighted by atomic mass is 10.0. The van der Waals surface area contributed by atoms with Gasteiger partial charge in [0.05, 0.1) is 11.1 Å². The third-order valence-electron chi connectivity index (χ3n) is 1.90. The number of hydrogen-bond donors (Lipinski definition) is 0. The van der Waals surface area contributed by atoms with Gasteiger partial charge in [-0.1, -0.05) is 12.1 Å². The van der Waals surface area contributed by atoms with Crippen LogP contribution in [0.1, 0.15) is 26.3 Å². The monoisotopic (exact) mass is 196 g/mol. The van der Waals surface area contributed by atoms with Gasteiger partial charge in [0, 0.05) is 5.88 Å². The number of esters is 2. The minimum Gasteiger partial charge on any atom is -0.386 e. The molecule has 1 heterocycles. The van der Waals surface area contributed by atoms with Crippen molar-refractivity contribution >= 4 is 23.5 Å². The molecule has 2 rings (SSSR count). The molecule has 0 atom stereocenters. The van der Waals surface area contributed by atoms with Gasteiger partial charge in [-0.3, -0.25) is 0 Å². The van der Waals surface area contributed by atoms with Crippen molar-refractivity contribution in [3.05, 3.63) is 34.9 Å². The second kappa shape index (κ2) is 2.85. The smallest absolute Gasteiger partial charge is 0.347 e. The second-order valence-electron chi connectivity index (χ2n) is 2.65. The van der Waals surface area contributed by atoms with Gasteiger partial charge in [0.25, 0.3) is 0 Å². The van der Waals surface area contributed by atoms with Crippen LogP contribution < -0.4 is 0 Å². The van der Waals surface area contributed by atoms with E-state index in [0.717, 1.165) is 0 Å². The van der Waals surface area contributed by atoms with Gasteiger partial charge in [-0.2, -0.15) is 0 Å². The standard InChI is InChI=1S/C9H5ClO3/c10-4-5-2-1-3-6-7(5)9(12)13-8(6)11/h1-3H,4H2. The van der Waals surface area contributed by atoms with Crippen LogP contribution >= 0.6 is 11.6 Å². The van der Waals surface area contributed by atoms with E-state index in [2.05, 4.69) is 4.74 Å². The van der Waals surface area contributed by atoms with Crippen molar-refractivity contribution in [2.24, 2.45) is 0 Å². The highest BCUT2D eigenvalue weighted by atomic mass is 35.5. The molecule has 0 saturated heterocycles. The summed E-state index contributed by atoms with van der Waals surface area (Å²) >= 11 is 5.60. The van der Waals surface area contributed by atoms with Crippen molar-refractivity contribution in [1.82, 2.24) is 0 Å². The molecule has 0 saturated carbocycles. The van der Waals surface area contributed by atoms with Gasteiger partial charge < -0.3 is 4.74 Å². The summed E-state index contributed by atoms with van der Waals surface area (Å²) < 4.78 is 4.44. The molecule has 0 fully saturated rings. The van der Waals surface area contributed by atoms with Crippen LogP contribution in [0.2, 0.25) is 0 Å². The highest BCUT2D eigenvalue weighted by molar-refractivity contribution is 6.20. The number of benzene rings is 1. The molecular weight excluding hydrogens is 192 g/mol. The van der Waals surface area contributed by atoms with Crippen LogP contribution in [0.5, 0.6) is 0 Å². The fraction of sp³-hybridized carbons (Fsp3) is 0.111. The molecule has 0 unspecified atom stereocenters. The number of rotatable bonds is 1. The molecule has 0 aromatic heterocycles. The van der Waals surface area contributed by atoms with Gasteiger partial charge in [-0.15, -0.1) is 11.6 Å². The van der Waals surface area contributed by atoms with E-state index in [1.807, 2.05) is 0 Å². The van der Waals surface area contributed by atoms with Gasteiger partial charge in [0.15, 0.2) is 0 Å². The molecular formula is C9H5ClO3. The van der Waals surface area contributed by atoms with Crippen molar-refractivity contribution in [2.45, 2.75) is 5.88 Å². The second-order valence-corrected chi connectivity index (χ2v) is 2.92. The summed E-state index contributed by atoms with van der Waals surface area (Å²) in [6, 6.07) is 4.93. The molecule has 1 aliphatic heterocycles. The molecule has 0 bridgehead atoms. The van der Waals surface area contributed by atoms with Crippen molar-refractivity contribution in [3.8, 4) is 0 Å². The average Bonchev–Trinajstić information content (AvgIpc) is 2.43. The first-order valence-corrected chi connectivity index (χ1v) is 4.22. The zero-order chi connectivity index (χ0) is 9.42. The van der Waals surface area contributed by atoms with E-state index in [-0.39, 0.29) is 5.88 Å². The summed E-state index contributed by atoms with van der Waals surface area (Å²) in [5.41, 5.74) is 1.25. The lowest BCUT2D eigenvalue weighted by Gasteiger charge is -1.98. The molecule has 1 aromatic rings. The lowest BCUT2D eigenvalue weighted by molar-refractivity contribution is 0.0443. The van der Waals surface area contributed by atoms with E-state index in [9.17, 15) is 9.59 Å². The molecule has 0 N–H and O–H groups in total. The molecule has 13 heavy (non-hydrogen) atoms. The van der Waals surface area contributed by atoms with Crippen molar-refractivity contribution in [1.29, 1.82) is 0 Å². The number of ether oxygens (including phenoxy) is 1. The maximum atomic E-state index is 11.2. The topological polar surface area (TPSA) is 43.4 Å². The molecule has 1 aliphatic rings. The Hall–Kier alpha value is -1.35. The number of fused-ring (bicyclic) bond motifs is 1. The zero-order valence-electron chi connectivity index (χ0n) is 6.54. The number of alkyl halides is 1. The predicted molar refractivity (Wildman–Crippen MR) is 45.7 cm³/mol. The maximum Gasteiger partial charge on any atom is 0.347 e. The summed E-state index contributed by atoms with van der Waals surface area (Å²) in [4.78, 5) is 22.2. The van der Waals surface area contributed by atoms with Gasteiger partial charge in [-0.05, 0) is 11.6 Å². The minimum absolute atomic E-state index is 0.200. The van der Waals surface area contributed by atoms with Crippen molar-refractivity contribution < 1.29 is 14.3 Å². The van der Waals surface area contributed by atoms with Gasteiger partial charge in [0.2, 0.25) is 0 Å². The molecule has 0 spiro atoms. The number of carbonyl (C=O) groups is 2.